The van der Waals surface area contributed by atoms with Gasteiger partial charge in [-0.2, -0.15) is 10.4 Å². The van der Waals surface area contributed by atoms with Gasteiger partial charge in [0.05, 0.1) is 25.2 Å². The topological polar surface area (TPSA) is 144 Å². The van der Waals surface area contributed by atoms with E-state index >= 15 is 0 Å². The Morgan fingerprint density at radius 3 is 2.63 bits per heavy atom. The molecule has 0 radical (unpaired) electrons. The molecule has 30 heavy (non-hydrogen) atoms. The molecule has 0 spiro atoms. The second kappa shape index (κ2) is 10.2. The molecule has 0 atom stereocenters. The van der Waals surface area contributed by atoms with Gasteiger partial charge in [-0.25, -0.2) is 9.97 Å². The number of aromatic amines is 2. The molecule has 3 heterocycles. The highest BCUT2D eigenvalue weighted by Gasteiger charge is 2.14. The second-order valence-electron chi connectivity index (χ2n) is 6.71. The Labute approximate surface area is 173 Å². The Morgan fingerprint density at radius 2 is 2.03 bits per heavy atom. The number of methoxy groups -OCH3 is 1. The van der Waals surface area contributed by atoms with E-state index in [-0.39, 0.29) is 11.3 Å². The van der Waals surface area contributed by atoms with Gasteiger partial charge in [0, 0.05) is 18.3 Å². The van der Waals surface area contributed by atoms with E-state index in [1.807, 2.05) is 6.07 Å². The number of hydrogen-bond donors (Lipinski definition) is 4. The summed E-state index contributed by atoms with van der Waals surface area (Å²) in [5.74, 6) is 1.31. The minimum atomic E-state index is -0.294. The van der Waals surface area contributed by atoms with Gasteiger partial charge in [-0.1, -0.05) is 12.8 Å². The number of pyridine rings is 1. The molecule has 4 N–H and O–H groups in total. The van der Waals surface area contributed by atoms with Crippen LogP contribution in [0.2, 0.25) is 0 Å². The number of rotatable bonds is 5. The van der Waals surface area contributed by atoms with E-state index in [9.17, 15) is 4.79 Å². The molecule has 156 valence electrons. The Bertz CT molecular complexity index is 1050. The van der Waals surface area contributed by atoms with Crippen molar-refractivity contribution < 1.29 is 4.74 Å². The van der Waals surface area contributed by atoms with Gasteiger partial charge in [0.25, 0.3) is 5.56 Å². The van der Waals surface area contributed by atoms with Crippen LogP contribution in [0.4, 0.5) is 11.6 Å². The third-order valence-corrected chi connectivity index (χ3v) is 4.78. The molecular weight excluding hydrogens is 384 g/mol. The number of hydrogen-bond acceptors (Lipinski definition) is 8. The van der Waals surface area contributed by atoms with Crippen LogP contribution in [0.5, 0.6) is 5.75 Å². The lowest BCUT2D eigenvalue weighted by Gasteiger charge is -2.04. The number of H-pyrrole nitrogens is 2. The lowest BCUT2D eigenvalue weighted by Crippen LogP contribution is -2.20. The Morgan fingerprint density at radius 1 is 1.23 bits per heavy atom. The maximum absolute atomic E-state index is 12.0. The summed E-state index contributed by atoms with van der Waals surface area (Å²) in [4.78, 5) is 22.5. The molecule has 3 aromatic heterocycles. The zero-order valence-corrected chi connectivity index (χ0v) is 16.9. The molecule has 1 aliphatic rings. The fourth-order valence-corrected chi connectivity index (χ4v) is 3.20. The minimum Gasteiger partial charge on any atom is -0.496 e. The standard InChI is InChI=1S/C14H11N7O2.C6H13N/c1-23-10-2-3-16-14(22)13(10)9-4-11(21-20-9)19-12-7-17-8(5-15)6-18-12;1-7-6-4-2-3-5-6/h2-4,6-7H,1H3,(H,16,22)(H2,18,19,20,21);6-7H,2-5H2,1H3. The molecule has 0 unspecified atom stereocenters. The summed E-state index contributed by atoms with van der Waals surface area (Å²) in [5.41, 5.74) is 0.769. The summed E-state index contributed by atoms with van der Waals surface area (Å²) < 4.78 is 5.19. The lowest BCUT2D eigenvalue weighted by molar-refractivity contribution is 0.415. The fourth-order valence-electron chi connectivity index (χ4n) is 3.20. The van der Waals surface area contributed by atoms with Crippen LogP contribution >= 0.6 is 0 Å². The van der Waals surface area contributed by atoms with Gasteiger partial charge in [0.1, 0.15) is 23.2 Å². The zero-order chi connectivity index (χ0) is 21.3. The van der Waals surface area contributed by atoms with Crippen molar-refractivity contribution in [3.8, 4) is 23.1 Å². The first kappa shape index (κ1) is 21.0. The van der Waals surface area contributed by atoms with Crippen molar-refractivity contribution in [1.29, 1.82) is 5.26 Å². The van der Waals surface area contributed by atoms with Gasteiger partial charge in [-0.3, -0.25) is 9.89 Å². The van der Waals surface area contributed by atoms with Gasteiger partial charge in [-0.15, -0.1) is 0 Å². The molecule has 3 aromatic rings. The van der Waals surface area contributed by atoms with Gasteiger partial charge >= 0.3 is 0 Å². The molecule has 1 fully saturated rings. The average molecular weight is 408 g/mol. The van der Waals surface area contributed by atoms with E-state index in [0.29, 0.717) is 28.6 Å². The van der Waals surface area contributed by atoms with Crippen LogP contribution in [0.3, 0.4) is 0 Å². The van der Waals surface area contributed by atoms with Crippen molar-refractivity contribution in [2.75, 3.05) is 19.5 Å². The second-order valence-corrected chi connectivity index (χ2v) is 6.71. The van der Waals surface area contributed by atoms with E-state index < -0.39 is 0 Å². The van der Waals surface area contributed by atoms with Crippen LogP contribution in [-0.4, -0.2) is 45.3 Å². The van der Waals surface area contributed by atoms with Crippen LogP contribution in [-0.2, 0) is 0 Å². The maximum Gasteiger partial charge on any atom is 0.261 e. The predicted molar refractivity (Wildman–Crippen MR) is 113 cm³/mol. The number of nitriles is 1. The van der Waals surface area contributed by atoms with Crippen LogP contribution in [0.15, 0.2) is 35.5 Å². The summed E-state index contributed by atoms with van der Waals surface area (Å²) in [7, 11) is 3.54. The van der Waals surface area contributed by atoms with E-state index in [0.717, 1.165) is 6.04 Å². The lowest BCUT2D eigenvalue weighted by atomic mass is 10.2. The summed E-state index contributed by atoms with van der Waals surface area (Å²) >= 11 is 0. The van der Waals surface area contributed by atoms with Gasteiger partial charge < -0.3 is 20.4 Å². The van der Waals surface area contributed by atoms with Crippen molar-refractivity contribution in [3.05, 3.63) is 46.8 Å². The normalized spacial score (nSPS) is 13.2. The Kier molecular flexibility index (Phi) is 7.13. The van der Waals surface area contributed by atoms with Gasteiger partial charge in [0.2, 0.25) is 0 Å². The quantitative estimate of drug-likeness (QED) is 0.503. The van der Waals surface area contributed by atoms with Gasteiger partial charge in [0.15, 0.2) is 11.5 Å². The summed E-state index contributed by atoms with van der Waals surface area (Å²) in [5, 5.41) is 21.7. The summed E-state index contributed by atoms with van der Waals surface area (Å²) in [6.45, 7) is 0. The van der Waals surface area contributed by atoms with Crippen LogP contribution in [0.1, 0.15) is 31.4 Å². The molecule has 0 saturated heterocycles. The molecule has 4 rings (SSSR count). The largest absolute Gasteiger partial charge is 0.496 e. The van der Waals surface area contributed by atoms with Crippen molar-refractivity contribution in [1.82, 2.24) is 30.5 Å². The maximum atomic E-state index is 12.0. The fraction of sp³-hybridized carbons (Fsp3) is 0.350. The minimum absolute atomic E-state index is 0.221. The first-order valence-corrected chi connectivity index (χ1v) is 9.62. The van der Waals surface area contributed by atoms with Crippen molar-refractivity contribution >= 4 is 11.6 Å². The summed E-state index contributed by atoms with van der Waals surface area (Å²) in [6, 6.07) is 6.03. The zero-order valence-electron chi connectivity index (χ0n) is 16.9. The summed E-state index contributed by atoms with van der Waals surface area (Å²) in [6.07, 6.45) is 9.94. The molecule has 10 heteroatoms. The molecule has 10 nitrogen and oxygen atoms in total. The molecule has 0 bridgehead atoms. The number of nitrogens with zero attached hydrogens (tertiary/aromatic N) is 4. The number of anilines is 2. The first-order valence-electron chi connectivity index (χ1n) is 9.62. The van der Waals surface area contributed by atoms with E-state index in [1.54, 1.807) is 12.1 Å². The molecule has 0 aromatic carbocycles. The van der Waals surface area contributed by atoms with Crippen molar-refractivity contribution in [3.63, 3.8) is 0 Å². The van der Waals surface area contributed by atoms with Crippen molar-refractivity contribution in [2.45, 2.75) is 31.7 Å². The number of aromatic nitrogens is 5. The first-order chi connectivity index (χ1) is 14.6. The molecule has 0 amide bonds. The monoisotopic (exact) mass is 408 g/mol. The van der Waals surface area contributed by atoms with Crippen molar-refractivity contribution in [2.24, 2.45) is 0 Å². The van der Waals surface area contributed by atoms with E-state index in [2.05, 4.69) is 42.8 Å². The SMILES string of the molecule is CNC1CCCC1.COc1cc[nH]c(=O)c1-c1cc(Nc2cnc(C#N)cn2)n[nH]1. The van der Waals surface area contributed by atoms with Crippen LogP contribution < -0.4 is 20.9 Å². The van der Waals surface area contributed by atoms with Crippen LogP contribution in [0, 0.1) is 11.3 Å². The van der Waals surface area contributed by atoms with Gasteiger partial charge in [-0.05, 0) is 26.0 Å². The third kappa shape index (κ3) is 5.21. The Hall–Kier alpha value is -3.71. The Balaban J connectivity index is 0.000000310. The number of nitrogens with one attached hydrogen (secondary N) is 4. The predicted octanol–water partition coefficient (Wildman–Crippen LogP) is 2.33. The smallest absolute Gasteiger partial charge is 0.261 e. The third-order valence-electron chi connectivity index (χ3n) is 4.78. The average Bonchev–Trinajstić information content (AvgIpc) is 3.46. The molecule has 1 saturated carbocycles. The van der Waals surface area contributed by atoms with E-state index in [4.69, 9.17) is 10.00 Å². The van der Waals surface area contributed by atoms with E-state index in [1.165, 1.54) is 51.4 Å². The highest BCUT2D eigenvalue weighted by Crippen LogP contribution is 2.26. The number of ether oxygens (including phenoxy) is 1. The van der Waals surface area contributed by atoms with Crippen LogP contribution in [0.25, 0.3) is 11.3 Å². The molecule has 1 aliphatic carbocycles. The highest BCUT2D eigenvalue weighted by atomic mass is 16.5. The molecule has 0 aliphatic heterocycles. The highest BCUT2D eigenvalue weighted by molar-refractivity contribution is 5.69. The molecular formula is C20H24N8O2.